The lowest BCUT2D eigenvalue weighted by Crippen LogP contribution is -2.24. The lowest BCUT2D eigenvalue weighted by atomic mass is 10.1. The molecular formula is C9H11NO4. The molecular weight excluding hydrogens is 186 g/mol. The van der Waals surface area contributed by atoms with Gasteiger partial charge >= 0.3 is 5.97 Å². The van der Waals surface area contributed by atoms with E-state index in [1.54, 1.807) is 0 Å². The number of carboxylic acid groups (broad SMARTS) is 1. The van der Waals surface area contributed by atoms with Gasteiger partial charge in [0.15, 0.2) is 11.5 Å². The fraction of sp³-hybridized carbons (Fsp3) is 0.222. The largest absolute Gasteiger partial charge is 0.504 e. The molecule has 4 N–H and O–H groups in total. The molecule has 1 atom stereocenters. The van der Waals surface area contributed by atoms with Crippen LogP contribution in [0.4, 0.5) is 0 Å². The van der Waals surface area contributed by atoms with Crippen LogP contribution in [0.3, 0.4) is 0 Å². The molecule has 5 heteroatoms. The van der Waals surface area contributed by atoms with Gasteiger partial charge in [-0.05, 0) is 24.7 Å². The molecule has 0 bridgehead atoms. The molecule has 5 nitrogen and oxygen atoms in total. The number of nitrogens with one attached hydrogen (secondary N) is 1. The highest BCUT2D eigenvalue weighted by atomic mass is 16.4. The minimum atomic E-state index is -1.04. The zero-order chi connectivity index (χ0) is 10.7. The van der Waals surface area contributed by atoms with E-state index in [2.05, 4.69) is 5.32 Å². The first-order valence-electron chi connectivity index (χ1n) is 3.98. The number of phenolic OH excluding ortho intramolecular Hbond substituents is 2. The number of likely N-dealkylation sites (N-methyl/N-ethyl adjacent to an activating group) is 1. The van der Waals surface area contributed by atoms with E-state index in [9.17, 15) is 4.79 Å². The number of rotatable bonds is 3. The number of benzene rings is 1. The van der Waals surface area contributed by atoms with E-state index in [-0.39, 0.29) is 11.5 Å². The zero-order valence-electron chi connectivity index (χ0n) is 7.56. The first-order chi connectivity index (χ1) is 6.56. The summed E-state index contributed by atoms with van der Waals surface area (Å²) < 4.78 is 0. The Hall–Kier alpha value is -1.75. The maximum Gasteiger partial charge on any atom is 0.325 e. The highest BCUT2D eigenvalue weighted by Gasteiger charge is 2.18. The van der Waals surface area contributed by atoms with Crippen molar-refractivity contribution in [2.24, 2.45) is 0 Å². The number of carbonyl (C=O) groups is 1. The van der Waals surface area contributed by atoms with Crippen molar-refractivity contribution < 1.29 is 20.1 Å². The molecule has 0 aromatic heterocycles. The minimum Gasteiger partial charge on any atom is -0.504 e. The third-order valence-electron chi connectivity index (χ3n) is 1.87. The van der Waals surface area contributed by atoms with Gasteiger partial charge in [-0.15, -0.1) is 0 Å². The molecule has 0 spiro atoms. The van der Waals surface area contributed by atoms with Crippen LogP contribution in [0.25, 0.3) is 0 Å². The van der Waals surface area contributed by atoms with Crippen LogP contribution in [0.2, 0.25) is 0 Å². The van der Waals surface area contributed by atoms with Crippen LogP contribution in [0.1, 0.15) is 11.6 Å². The van der Waals surface area contributed by atoms with E-state index < -0.39 is 12.0 Å². The molecule has 0 fully saturated rings. The average Bonchev–Trinajstić information content (AvgIpc) is 2.11. The molecule has 1 rings (SSSR count). The Bertz CT molecular complexity index is 351. The van der Waals surface area contributed by atoms with Crippen LogP contribution >= 0.6 is 0 Å². The van der Waals surface area contributed by atoms with Crippen molar-refractivity contribution >= 4 is 5.97 Å². The fourth-order valence-electron chi connectivity index (χ4n) is 1.15. The van der Waals surface area contributed by atoms with Crippen molar-refractivity contribution in [2.45, 2.75) is 6.04 Å². The van der Waals surface area contributed by atoms with E-state index in [1.165, 1.54) is 25.2 Å². The molecule has 0 aliphatic rings. The van der Waals surface area contributed by atoms with Crippen molar-refractivity contribution in [1.29, 1.82) is 0 Å². The van der Waals surface area contributed by atoms with Crippen molar-refractivity contribution in [3.8, 4) is 11.5 Å². The van der Waals surface area contributed by atoms with Gasteiger partial charge in [0.2, 0.25) is 0 Å². The van der Waals surface area contributed by atoms with Crippen LogP contribution in [0, 0.1) is 0 Å². The average molecular weight is 197 g/mol. The van der Waals surface area contributed by atoms with E-state index in [0.717, 1.165) is 0 Å². The Balaban J connectivity index is 3.06. The Morgan fingerprint density at radius 3 is 2.43 bits per heavy atom. The van der Waals surface area contributed by atoms with Crippen molar-refractivity contribution in [2.75, 3.05) is 7.05 Å². The van der Waals surface area contributed by atoms with Crippen LogP contribution in [0.15, 0.2) is 18.2 Å². The SMILES string of the molecule is CN[C@H](C(=O)O)c1ccc(O)c(O)c1. The summed E-state index contributed by atoms with van der Waals surface area (Å²) in [7, 11) is 1.50. The van der Waals surface area contributed by atoms with Gasteiger partial charge < -0.3 is 20.6 Å². The van der Waals surface area contributed by atoms with Gasteiger partial charge in [0.05, 0.1) is 0 Å². The summed E-state index contributed by atoms with van der Waals surface area (Å²) in [6.07, 6.45) is 0. The van der Waals surface area contributed by atoms with E-state index >= 15 is 0 Å². The minimum absolute atomic E-state index is 0.269. The molecule has 1 aromatic carbocycles. The second-order valence-corrected chi connectivity index (χ2v) is 2.81. The smallest absolute Gasteiger partial charge is 0.325 e. The lowest BCUT2D eigenvalue weighted by molar-refractivity contribution is -0.139. The molecule has 0 saturated heterocycles. The maximum absolute atomic E-state index is 10.7. The highest BCUT2D eigenvalue weighted by Crippen LogP contribution is 2.27. The summed E-state index contributed by atoms with van der Waals surface area (Å²) in [5.74, 6) is -1.64. The number of hydrogen-bond donors (Lipinski definition) is 4. The van der Waals surface area contributed by atoms with Gasteiger partial charge in [-0.3, -0.25) is 4.79 Å². The third-order valence-corrected chi connectivity index (χ3v) is 1.87. The summed E-state index contributed by atoms with van der Waals surface area (Å²) >= 11 is 0. The summed E-state index contributed by atoms with van der Waals surface area (Å²) in [6, 6.07) is 3.01. The van der Waals surface area contributed by atoms with Gasteiger partial charge in [0.25, 0.3) is 0 Å². The van der Waals surface area contributed by atoms with Crippen LogP contribution in [0.5, 0.6) is 11.5 Å². The monoisotopic (exact) mass is 197 g/mol. The van der Waals surface area contributed by atoms with E-state index in [1.807, 2.05) is 0 Å². The Morgan fingerprint density at radius 2 is 2.00 bits per heavy atom. The second-order valence-electron chi connectivity index (χ2n) is 2.81. The number of carboxylic acids is 1. The van der Waals surface area contributed by atoms with Gasteiger partial charge in [0.1, 0.15) is 6.04 Å². The van der Waals surface area contributed by atoms with Crippen molar-refractivity contribution in [3.05, 3.63) is 23.8 Å². The topological polar surface area (TPSA) is 89.8 Å². The first kappa shape index (κ1) is 10.3. The zero-order valence-corrected chi connectivity index (χ0v) is 7.56. The molecule has 0 saturated carbocycles. The van der Waals surface area contributed by atoms with Crippen molar-refractivity contribution in [1.82, 2.24) is 5.32 Å². The second kappa shape index (κ2) is 3.97. The predicted molar refractivity (Wildman–Crippen MR) is 49.2 cm³/mol. The third kappa shape index (κ3) is 1.94. The number of aliphatic carboxylic acids is 1. The Labute approximate surface area is 80.6 Å². The number of phenols is 2. The van der Waals surface area contributed by atoms with Gasteiger partial charge in [-0.25, -0.2) is 0 Å². The van der Waals surface area contributed by atoms with Crippen LogP contribution < -0.4 is 5.32 Å². The summed E-state index contributed by atoms with van der Waals surface area (Å²) in [4.78, 5) is 10.7. The molecule has 76 valence electrons. The molecule has 14 heavy (non-hydrogen) atoms. The van der Waals surface area contributed by atoms with Crippen molar-refractivity contribution in [3.63, 3.8) is 0 Å². The molecule has 0 radical (unpaired) electrons. The molecule has 0 aliphatic carbocycles. The molecule has 0 aliphatic heterocycles. The molecule has 0 unspecified atom stereocenters. The number of aromatic hydroxyl groups is 2. The summed E-state index contributed by atoms with van der Waals surface area (Å²) in [5, 5.41) is 29.5. The van der Waals surface area contributed by atoms with Crippen LogP contribution in [-0.4, -0.2) is 28.3 Å². The first-order valence-corrected chi connectivity index (χ1v) is 3.98. The quantitative estimate of drug-likeness (QED) is 0.528. The molecule has 1 aromatic rings. The van der Waals surface area contributed by atoms with Gasteiger partial charge in [-0.1, -0.05) is 6.07 Å². The van der Waals surface area contributed by atoms with Crippen LogP contribution in [-0.2, 0) is 4.79 Å². The Morgan fingerprint density at radius 1 is 1.36 bits per heavy atom. The maximum atomic E-state index is 10.7. The number of hydrogen-bond acceptors (Lipinski definition) is 4. The fourth-order valence-corrected chi connectivity index (χ4v) is 1.15. The predicted octanol–water partition coefficient (Wildman–Crippen LogP) is 0.443. The summed E-state index contributed by atoms with van der Waals surface area (Å²) in [6.45, 7) is 0. The van der Waals surface area contributed by atoms with E-state index in [0.29, 0.717) is 5.56 Å². The standard InChI is InChI=1S/C9H11NO4/c1-10-8(9(13)14)5-2-3-6(11)7(12)4-5/h2-4,8,10-12H,1H3,(H,13,14)/t8-/m0/s1. The molecule has 0 amide bonds. The normalized spacial score (nSPS) is 12.4. The lowest BCUT2D eigenvalue weighted by Gasteiger charge is -2.11. The van der Waals surface area contributed by atoms with E-state index in [4.69, 9.17) is 15.3 Å². The van der Waals surface area contributed by atoms with Gasteiger partial charge in [0, 0.05) is 0 Å². The van der Waals surface area contributed by atoms with Gasteiger partial charge in [-0.2, -0.15) is 0 Å². The molecule has 0 heterocycles. The highest BCUT2D eigenvalue weighted by molar-refractivity contribution is 5.75. The summed E-state index contributed by atoms with van der Waals surface area (Å²) in [5.41, 5.74) is 0.385. The Kier molecular flexibility index (Phi) is 2.93.